The van der Waals surface area contributed by atoms with Crippen molar-refractivity contribution < 1.29 is 4.79 Å². The van der Waals surface area contributed by atoms with E-state index in [0.29, 0.717) is 22.2 Å². The number of benzene rings is 1. The molecule has 0 N–H and O–H groups in total. The molecule has 0 bridgehead atoms. The van der Waals surface area contributed by atoms with E-state index in [1.807, 2.05) is 32.3 Å². The minimum absolute atomic E-state index is 0.0786. The Labute approximate surface area is 156 Å². The van der Waals surface area contributed by atoms with Crippen LogP contribution in [0.3, 0.4) is 0 Å². The minimum atomic E-state index is -0.112. The van der Waals surface area contributed by atoms with Crippen molar-refractivity contribution in [3.63, 3.8) is 0 Å². The zero-order chi connectivity index (χ0) is 17.7. The van der Waals surface area contributed by atoms with Crippen LogP contribution in [0.2, 0.25) is 10.0 Å². The Hall–Kier alpha value is -0.570. The van der Waals surface area contributed by atoms with Gasteiger partial charge in [0.2, 0.25) is 0 Å². The number of ketones is 1. The summed E-state index contributed by atoms with van der Waals surface area (Å²) < 4.78 is 0. The third-order valence-corrected chi connectivity index (χ3v) is 6.10. The molecule has 1 aliphatic rings. The molecule has 1 atom stereocenters. The Kier molecular flexibility index (Phi) is 7.15. The van der Waals surface area contributed by atoms with E-state index in [1.165, 1.54) is 12.8 Å². The molecule has 1 unspecified atom stereocenters. The summed E-state index contributed by atoms with van der Waals surface area (Å²) in [6.45, 7) is 2.19. The van der Waals surface area contributed by atoms with Crippen molar-refractivity contribution in [2.24, 2.45) is 0 Å². The van der Waals surface area contributed by atoms with Crippen LogP contribution < -0.4 is 0 Å². The van der Waals surface area contributed by atoms with Crippen LogP contribution >= 0.6 is 23.2 Å². The van der Waals surface area contributed by atoms with Crippen LogP contribution in [0.15, 0.2) is 18.2 Å². The Bertz CT molecular complexity index is 567. The van der Waals surface area contributed by atoms with Crippen molar-refractivity contribution in [2.45, 2.75) is 69.7 Å². The molecule has 0 radical (unpaired) electrons. The highest BCUT2D eigenvalue weighted by Gasteiger charge is 2.49. The fourth-order valence-corrected chi connectivity index (χ4v) is 4.33. The topological polar surface area (TPSA) is 20.3 Å². The Balaban J connectivity index is 2.23. The molecule has 2 nitrogen and oxygen atoms in total. The van der Waals surface area contributed by atoms with E-state index in [9.17, 15) is 4.79 Å². The first-order chi connectivity index (χ1) is 11.4. The van der Waals surface area contributed by atoms with Crippen LogP contribution in [0.25, 0.3) is 0 Å². The van der Waals surface area contributed by atoms with Gasteiger partial charge in [-0.2, -0.15) is 0 Å². The van der Waals surface area contributed by atoms with Crippen LogP contribution in [0.1, 0.15) is 63.9 Å². The first-order valence-corrected chi connectivity index (χ1v) is 9.82. The van der Waals surface area contributed by atoms with Crippen LogP contribution in [-0.4, -0.2) is 30.8 Å². The molecule has 0 spiro atoms. The van der Waals surface area contributed by atoms with Crippen molar-refractivity contribution in [3.8, 4) is 0 Å². The Morgan fingerprint density at radius 1 is 1.17 bits per heavy atom. The summed E-state index contributed by atoms with van der Waals surface area (Å²) in [5.74, 6) is 0.363. The number of likely N-dealkylation sites (N-methyl/N-ethyl adjacent to an activating group) is 1. The van der Waals surface area contributed by atoms with Gasteiger partial charge < -0.3 is 0 Å². The lowest BCUT2D eigenvalue weighted by Crippen LogP contribution is -2.56. The second-order valence-corrected chi connectivity index (χ2v) is 8.10. The van der Waals surface area contributed by atoms with Crippen LogP contribution in [0, 0.1) is 0 Å². The fourth-order valence-electron chi connectivity index (χ4n) is 4.04. The Morgan fingerprint density at radius 2 is 1.88 bits per heavy atom. The molecule has 4 heteroatoms. The summed E-state index contributed by atoms with van der Waals surface area (Å²) in [4.78, 5) is 15.1. The van der Waals surface area contributed by atoms with Crippen molar-refractivity contribution >= 4 is 29.0 Å². The standard InChI is InChI=1S/C20H29Cl2NO/c1-4-5-6-7-9-18(24)19(23(2)3)20(12-8-13-20)15-10-11-16(21)17(22)14-15/h10-11,14,19H,4-9,12-13H2,1-3H3. The minimum Gasteiger partial charge on any atom is -0.299 e. The number of nitrogens with zero attached hydrogens (tertiary/aromatic N) is 1. The monoisotopic (exact) mass is 369 g/mol. The van der Waals surface area contributed by atoms with Gasteiger partial charge in [0.05, 0.1) is 16.1 Å². The highest BCUT2D eigenvalue weighted by atomic mass is 35.5. The Morgan fingerprint density at radius 3 is 2.38 bits per heavy atom. The molecule has 1 saturated carbocycles. The maximum absolute atomic E-state index is 13.0. The maximum atomic E-state index is 13.0. The van der Waals surface area contributed by atoms with Gasteiger partial charge in [0.1, 0.15) is 0 Å². The molecule has 24 heavy (non-hydrogen) atoms. The average Bonchev–Trinajstić information content (AvgIpc) is 2.49. The van der Waals surface area contributed by atoms with Crippen LogP contribution in [0.4, 0.5) is 0 Å². The van der Waals surface area contributed by atoms with Gasteiger partial charge in [-0.1, -0.05) is 61.9 Å². The molecular weight excluding hydrogens is 341 g/mol. The molecule has 0 saturated heterocycles. The SMILES string of the molecule is CCCCCCC(=O)C(N(C)C)C1(c2ccc(Cl)c(Cl)c2)CCC1. The van der Waals surface area contributed by atoms with E-state index in [4.69, 9.17) is 23.2 Å². The van der Waals surface area contributed by atoms with E-state index in [2.05, 4.69) is 11.8 Å². The number of halogens is 2. The lowest BCUT2D eigenvalue weighted by atomic mass is 9.58. The van der Waals surface area contributed by atoms with Gasteiger partial charge in [-0.15, -0.1) is 0 Å². The summed E-state index contributed by atoms with van der Waals surface area (Å²) in [6.07, 6.45) is 8.44. The fraction of sp³-hybridized carbons (Fsp3) is 0.650. The van der Waals surface area contributed by atoms with Gasteiger partial charge in [-0.3, -0.25) is 9.69 Å². The largest absolute Gasteiger partial charge is 0.299 e. The first-order valence-electron chi connectivity index (χ1n) is 9.07. The van der Waals surface area contributed by atoms with Crippen molar-refractivity contribution in [1.29, 1.82) is 0 Å². The molecule has 1 aliphatic carbocycles. The van der Waals surface area contributed by atoms with E-state index in [1.54, 1.807) is 0 Å². The maximum Gasteiger partial charge on any atom is 0.150 e. The second kappa shape index (κ2) is 8.69. The van der Waals surface area contributed by atoms with Crippen molar-refractivity contribution in [3.05, 3.63) is 33.8 Å². The molecule has 1 aromatic rings. The molecule has 134 valence electrons. The van der Waals surface area contributed by atoms with Gasteiger partial charge in [0.25, 0.3) is 0 Å². The van der Waals surface area contributed by atoms with Gasteiger partial charge >= 0.3 is 0 Å². The average molecular weight is 370 g/mol. The number of unbranched alkanes of at least 4 members (excludes halogenated alkanes) is 3. The lowest BCUT2D eigenvalue weighted by Gasteiger charge is -2.50. The van der Waals surface area contributed by atoms with Crippen molar-refractivity contribution in [1.82, 2.24) is 4.90 Å². The van der Waals surface area contributed by atoms with Crippen LogP contribution in [-0.2, 0) is 10.2 Å². The van der Waals surface area contributed by atoms with Gasteiger partial charge in [-0.25, -0.2) is 0 Å². The molecule has 0 aromatic heterocycles. The number of Topliss-reactive ketones (excluding diaryl/α,β-unsaturated/α-hetero) is 1. The van der Waals surface area contributed by atoms with E-state index in [-0.39, 0.29) is 11.5 Å². The molecule has 0 aliphatic heterocycles. The number of rotatable bonds is 9. The zero-order valence-corrected chi connectivity index (χ0v) is 16.6. The number of carbonyl (C=O) groups excluding carboxylic acids is 1. The van der Waals surface area contributed by atoms with Crippen LogP contribution in [0.5, 0.6) is 0 Å². The third-order valence-electron chi connectivity index (χ3n) is 5.36. The molecule has 1 aromatic carbocycles. The highest BCUT2D eigenvalue weighted by Crippen LogP contribution is 2.49. The quantitative estimate of drug-likeness (QED) is 0.506. The number of hydrogen-bond acceptors (Lipinski definition) is 2. The van der Waals surface area contributed by atoms with Gasteiger partial charge in [0.15, 0.2) is 5.78 Å². The van der Waals surface area contributed by atoms with E-state index in [0.717, 1.165) is 37.7 Å². The summed E-state index contributed by atoms with van der Waals surface area (Å²) in [6, 6.07) is 5.79. The smallest absolute Gasteiger partial charge is 0.150 e. The molecule has 0 heterocycles. The summed E-state index contributed by atoms with van der Waals surface area (Å²) in [5, 5.41) is 1.15. The normalized spacial score (nSPS) is 17.6. The van der Waals surface area contributed by atoms with Gasteiger partial charge in [-0.05, 0) is 51.1 Å². The predicted octanol–water partition coefficient (Wildman–Crippen LogP) is 5.88. The summed E-state index contributed by atoms with van der Waals surface area (Å²) >= 11 is 12.3. The summed E-state index contributed by atoms with van der Waals surface area (Å²) in [5.41, 5.74) is 1.04. The molecule has 1 fully saturated rings. The third kappa shape index (κ3) is 4.15. The van der Waals surface area contributed by atoms with E-state index < -0.39 is 0 Å². The first kappa shape index (κ1) is 19.8. The van der Waals surface area contributed by atoms with Gasteiger partial charge in [0, 0.05) is 11.8 Å². The zero-order valence-electron chi connectivity index (χ0n) is 15.1. The highest BCUT2D eigenvalue weighted by molar-refractivity contribution is 6.42. The lowest BCUT2D eigenvalue weighted by molar-refractivity contribution is -0.127. The molecule has 0 amide bonds. The molecule has 2 rings (SSSR count). The summed E-state index contributed by atoms with van der Waals surface area (Å²) in [7, 11) is 4.04. The second-order valence-electron chi connectivity index (χ2n) is 7.28. The molecular formula is C20H29Cl2NO. The van der Waals surface area contributed by atoms with E-state index >= 15 is 0 Å². The number of hydrogen-bond donors (Lipinski definition) is 0. The predicted molar refractivity (Wildman–Crippen MR) is 103 cm³/mol. The number of carbonyl (C=O) groups is 1. The van der Waals surface area contributed by atoms with Crippen molar-refractivity contribution in [2.75, 3.05) is 14.1 Å².